The van der Waals surface area contributed by atoms with Crippen molar-refractivity contribution in [3.63, 3.8) is 0 Å². The molecule has 2 aliphatic heterocycles. The lowest BCUT2D eigenvalue weighted by Gasteiger charge is -2.46. The molecule has 2 amide bonds. The fourth-order valence-corrected chi connectivity index (χ4v) is 4.41. The number of hydrogen-bond acceptors (Lipinski definition) is 6. The van der Waals surface area contributed by atoms with Crippen LogP contribution in [-0.2, 0) is 16.6 Å². The van der Waals surface area contributed by atoms with Crippen molar-refractivity contribution in [1.82, 2.24) is 19.6 Å². The zero-order chi connectivity index (χ0) is 23.7. The summed E-state index contributed by atoms with van der Waals surface area (Å²) in [5.41, 5.74) is 1.37. The van der Waals surface area contributed by atoms with Gasteiger partial charge in [0.15, 0.2) is 0 Å². The topological polar surface area (TPSA) is 99.0 Å². The number of carboxylic acid groups (broad SMARTS) is 1. The van der Waals surface area contributed by atoms with E-state index in [-0.39, 0.29) is 17.4 Å². The predicted octanol–water partition coefficient (Wildman–Crippen LogP) is 1.68. The number of halogens is 3. The number of likely N-dealkylation sites (tertiary alicyclic amines) is 1. The minimum absolute atomic E-state index is 0.0729. The second kappa shape index (κ2) is 8.90. The molecule has 2 fully saturated rings. The van der Waals surface area contributed by atoms with Gasteiger partial charge in [0.1, 0.15) is 0 Å². The molecule has 2 aromatic heterocycles. The molecular weight excluding hydrogens is 451 g/mol. The molecule has 2 aromatic rings. The summed E-state index contributed by atoms with van der Waals surface area (Å²) in [6, 6.07) is 1.87. The zero-order valence-corrected chi connectivity index (χ0v) is 18.2. The van der Waals surface area contributed by atoms with E-state index in [0.29, 0.717) is 26.2 Å². The first-order valence-electron chi connectivity index (χ1n) is 9.55. The SMILES string of the molecule is CN1CC(=O)N(c2cnn(C)c2)CC12CCN(C(=O)c1ccsc1)C2.O=C(O)C(F)(F)F. The van der Waals surface area contributed by atoms with Crippen molar-refractivity contribution in [3.8, 4) is 0 Å². The van der Waals surface area contributed by atoms with Crippen LogP contribution in [0, 0.1) is 0 Å². The Morgan fingerprint density at radius 2 is 1.94 bits per heavy atom. The highest BCUT2D eigenvalue weighted by Gasteiger charge is 2.49. The van der Waals surface area contributed by atoms with Gasteiger partial charge < -0.3 is 14.9 Å². The minimum atomic E-state index is -5.08. The Kier molecular flexibility index (Phi) is 6.60. The van der Waals surface area contributed by atoms with Crippen molar-refractivity contribution in [2.75, 3.05) is 38.1 Å². The fraction of sp³-hybridized carbons (Fsp3) is 0.474. The maximum Gasteiger partial charge on any atom is 0.490 e. The van der Waals surface area contributed by atoms with Gasteiger partial charge in [0, 0.05) is 38.3 Å². The molecule has 1 atom stereocenters. The molecule has 0 aromatic carbocycles. The van der Waals surface area contributed by atoms with Crippen LogP contribution in [0.3, 0.4) is 0 Å². The van der Waals surface area contributed by atoms with E-state index in [1.54, 1.807) is 10.9 Å². The molecule has 9 nitrogen and oxygen atoms in total. The molecule has 0 bridgehead atoms. The number of rotatable bonds is 2. The minimum Gasteiger partial charge on any atom is -0.475 e. The molecule has 0 aliphatic carbocycles. The average Bonchev–Trinajstić information content (AvgIpc) is 3.46. The van der Waals surface area contributed by atoms with Crippen molar-refractivity contribution in [2.45, 2.75) is 18.1 Å². The Morgan fingerprint density at radius 3 is 2.47 bits per heavy atom. The summed E-state index contributed by atoms with van der Waals surface area (Å²) >= 11 is 1.53. The number of anilines is 1. The normalized spacial score (nSPS) is 21.6. The molecule has 1 unspecified atom stereocenters. The number of carbonyl (C=O) groups is 3. The van der Waals surface area contributed by atoms with Crippen LogP contribution in [0.2, 0.25) is 0 Å². The molecular formula is C19H22F3N5O4S. The summed E-state index contributed by atoms with van der Waals surface area (Å²) in [7, 11) is 3.83. The molecule has 174 valence electrons. The maximum atomic E-state index is 12.7. The van der Waals surface area contributed by atoms with Crippen molar-refractivity contribution < 1.29 is 32.7 Å². The number of likely N-dealkylation sites (N-methyl/N-ethyl adjacent to an activating group) is 1. The van der Waals surface area contributed by atoms with Gasteiger partial charge in [-0.2, -0.15) is 29.6 Å². The van der Waals surface area contributed by atoms with E-state index in [2.05, 4.69) is 10.00 Å². The van der Waals surface area contributed by atoms with E-state index in [1.807, 2.05) is 46.9 Å². The van der Waals surface area contributed by atoms with E-state index in [4.69, 9.17) is 9.90 Å². The summed E-state index contributed by atoms with van der Waals surface area (Å²) in [5.74, 6) is -2.60. The third kappa shape index (κ3) is 4.93. The Hall–Kier alpha value is -2.93. The van der Waals surface area contributed by atoms with Crippen LogP contribution in [0.5, 0.6) is 0 Å². The molecule has 2 aliphatic rings. The number of carbonyl (C=O) groups excluding carboxylic acids is 2. The standard InChI is InChI=1S/C17H21N5O2S.C2HF3O2/c1-19-9-15(23)22(14-7-18-20(2)8-14)12-17(19)4-5-21(11-17)16(24)13-3-6-25-10-13;3-2(4,5)1(6)7/h3,6-8,10H,4-5,9,11-12H2,1-2H3;(H,6,7). The predicted molar refractivity (Wildman–Crippen MR) is 109 cm³/mol. The lowest BCUT2D eigenvalue weighted by atomic mass is 9.93. The van der Waals surface area contributed by atoms with Gasteiger partial charge in [0.05, 0.1) is 29.5 Å². The van der Waals surface area contributed by atoms with E-state index in [1.165, 1.54) is 11.3 Å². The highest BCUT2D eigenvalue weighted by atomic mass is 32.1. The quantitative estimate of drug-likeness (QED) is 0.713. The maximum absolute atomic E-state index is 12.7. The number of nitrogens with zero attached hydrogens (tertiary/aromatic N) is 5. The van der Waals surface area contributed by atoms with Crippen LogP contribution in [-0.4, -0.2) is 87.4 Å². The lowest BCUT2D eigenvalue weighted by molar-refractivity contribution is -0.192. The molecule has 0 radical (unpaired) electrons. The Balaban J connectivity index is 0.000000360. The lowest BCUT2D eigenvalue weighted by Crippen LogP contribution is -2.64. The number of hydrogen-bond donors (Lipinski definition) is 1. The number of piperazine rings is 1. The van der Waals surface area contributed by atoms with Gasteiger partial charge in [-0.25, -0.2) is 4.79 Å². The van der Waals surface area contributed by atoms with Gasteiger partial charge in [-0.05, 0) is 24.9 Å². The van der Waals surface area contributed by atoms with Crippen LogP contribution >= 0.6 is 11.3 Å². The van der Waals surface area contributed by atoms with Crippen molar-refractivity contribution in [1.29, 1.82) is 0 Å². The van der Waals surface area contributed by atoms with Gasteiger partial charge in [-0.1, -0.05) is 0 Å². The van der Waals surface area contributed by atoms with Gasteiger partial charge >= 0.3 is 12.1 Å². The summed E-state index contributed by atoms with van der Waals surface area (Å²) in [6.07, 6.45) is -0.635. The number of aryl methyl sites for hydroxylation is 1. The van der Waals surface area contributed by atoms with Crippen molar-refractivity contribution in [3.05, 3.63) is 34.8 Å². The van der Waals surface area contributed by atoms with E-state index >= 15 is 0 Å². The Labute approximate surface area is 185 Å². The largest absolute Gasteiger partial charge is 0.490 e. The summed E-state index contributed by atoms with van der Waals surface area (Å²) in [5, 5.41) is 15.1. The third-order valence-corrected chi connectivity index (χ3v) is 6.25. The molecule has 1 spiro atoms. The summed E-state index contributed by atoms with van der Waals surface area (Å²) in [6.45, 7) is 2.30. The van der Waals surface area contributed by atoms with Crippen LogP contribution in [0.4, 0.5) is 18.9 Å². The molecule has 32 heavy (non-hydrogen) atoms. The molecule has 13 heteroatoms. The molecule has 4 heterocycles. The van der Waals surface area contributed by atoms with Gasteiger partial charge in [0.2, 0.25) is 5.91 Å². The van der Waals surface area contributed by atoms with Crippen molar-refractivity contribution in [2.24, 2.45) is 7.05 Å². The summed E-state index contributed by atoms with van der Waals surface area (Å²) in [4.78, 5) is 39.9. The third-order valence-electron chi connectivity index (χ3n) is 5.57. The van der Waals surface area contributed by atoms with Crippen LogP contribution in [0.1, 0.15) is 16.8 Å². The van der Waals surface area contributed by atoms with Crippen LogP contribution in [0.25, 0.3) is 0 Å². The monoisotopic (exact) mass is 473 g/mol. The number of aliphatic carboxylic acids is 1. The second-order valence-electron chi connectivity index (χ2n) is 7.72. The van der Waals surface area contributed by atoms with Gasteiger partial charge in [-0.15, -0.1) is 0 Å². The number of amides is 2. The molecule has 1 N–H and O–H groups in total. The van der Waals surface area contributed by atoms with E-state index in [0.717, 1.165) is 17.7 Å². The smallest absolute Gasteiger partial charge is 0.475 e. The average molecular weight is 473 g/mol. The fourth-order valence-electron chi connectivity index (χ4n) is 3.78. The van der Waals surface area contributed by atoms with Gasteiger partial charge in [-0.3, -0.25) is 19.2 Å². The first-order valence-corrected chi connectivity index (χ1v) is 10.5. The van der Waals surface area contributed by atoms with E-state index in [9.17, 15) is 22.8 Å². The zero-order valence-electron chi connectivity index (χ0n) is 17.4. The number of aromatic nitrogens is 2. The molecule has 0 saturated carbocycles. The van der Waals surface area contributed by atoms with Gasteiger partial charge in [0.25, 0.3) is 5.91 Å². The number of thiophene rings is 1. The highest BCUT2D eigenvalue weighted by Crippen LogP contribution is 2.34. The highest BCUT2D eigenvalue weighted by molar-refractivity contribution is 7.08. The van der Waals surface area contributed by atoms with Crippen LogP contribution in [0.15, 0.2) is 29.2 Å². The van der Waals surface area contributed by atoms with E-state index < -0.39 is 12.1 Å². The molecule has 2 saturated heterocycles. The second-order valence-corrected chi connectivity index (χ2v) is 8.50. The van der Waals surface area contributed by atoms with Crippen LogP contribution < -0.4 is 4.90 Å². The van der Waals surface area contributed by atoms with Crippen molar-refractivity contribution >= 4 is 34.8 Å². The number of carboxylic acids is 1. The number of alkyl halides is 3. The first kappa shape index (κ1) is 23.7. The Bertz CT molecular complexity index is 994. The first-order chi connectivity index (χ1) is 14.9. The summed E-state index contributed by atoms with van der Waals surface area (Å²) < 4.78 is 33.4. The molecule has 4 rings (SSSR count). The Morgan fingerprint density at radius 1 is 1.25 bits per heavy atom.